The van der Waals surface area contributed by atoms with Crippen molar-refractivity contribution < 1.29 is 5.11 Å². The van der Waals surface area contributed by atoms with Gasteiger partial charge in [-0.25, -0.2) is 4.68 Å². The lowest BCUT2D eigenvalue weighted by Crippen LogP contribution is -2.33. The Bertz CT molecular complexity index is 508. The molecule has 0 aliphatic carbocycles. The van der Waals surface area contributed by atoms with Crippen LogP contribution in [0.5, 0.6) is 0 Å². The highest BCUT2D eigenvalue weighted by atomic mass is 16.3. The van der Waals surface area contributed by atoms with E-state index in [1.807, 2.05) is 29.1 Å². The zero-order chi connectivity index (χ0) is 14.4. The molecule has 1 unspecified atom stereocenters. The number of nitrogens with one attached hydrogen (secondary N) is 1. The van der Waals surface area contributed by atoms with E-state index in [1.165, 1.54) is 5.56 Å². The molecule has 4 heteroatoms. The van der Waals surface area contributed by atoms with Crippen LogP contribution in [-0.4, -0.2) is 27.5 Å². The van der Waals surface area contributed by atoms with Gasteiger partial charge in [-0.05, 0) is 36.1 Å². The van der Waals surface area contributed by atoms with Gasteiger partial charge in [0, 0.05) is 25.0 Å². The van der Waals surface area contributed by atoms with Crippen molar-refractivity contribution in [2.45, 2.75) is 32.9 Å². The van der Waals surface area contributed by atoms with Crippen LogP contribution in [0.2, 0.25) is 0 Å². The van der Waals surface area contributed by atoms with Gasteiger partial charge in [0.15, 0.2) is 0 Å². The number of rotatable bonds is 7. The van der Waals surface area contributed by atoms with Crippen LogP contribution in [0, 0.1) is 5.92 Å². The number of hydrogen-bond donors (Lipinski definition) is 2. The van der Waals surface area contributed by atoms with E-state index in [-0.39, 0.29) is 12.6 Å². The van der Waals surface area contributed by atoms with E-state index < -0.39 is 0 Å². The highest BCUT2D eigenvalue weighted by Gasteiger charge is 2.09. The third-order valence-electron chi connectivity index (χ3n) is 3.25. The maximum atomic E-state index is 9.38. The number of aliphatic hydroxyl groups excluding tert-OH is 1. The molecule has 0 amide bonds. The molecule has 0 aliphatic heterocycles. The quantitative estimate of drug-likeness (QED) is 0.814. The Kier molecular flexibility index (Phi) is 5.32. The summed E-state index contributed by atoms with van der Waals surface area (Å²) in [4.78, 5) is 0. The fraction of sp³-hybridized carbons (Fsp3) is 0.438. The zero-order valence-corrected chi connectivity index (χ0v) is 12.2. The summed E-state index contributed by atoms with van der Waals surface area (Å²) >= 11 is 0. The van der Waals surface area contributed by atoms with Crippen LogP contribution in [0.1, 0.15) is 25.8 Å². The fourth-order valence-corrected chi connectivity index (χ4v) is 2.28. The molecule has 0 saturated carbocycles. The van der Waals surface area contributed by atoms with Crippen LogP contribution >= 0.6 is 0 Å². The molecule has 1 atom stereocenters. The van der Waals surface area contributed by atoms with E-state index in [0.29, 0.717) is 5.92 Å². The molecule has 0 spiro atoms. The maximum Gasteiger partial charge on any atom is 0.0648 e. The summed E-state index contributed by atoms with van der Waals surface area (Å²) in [5.41, 5.74) is 2.25. The van der Waals surface area contributed by atoms with E-state index in [2.05, 4.69) is 36.4 Å². The third kappa shape index (κ3) is 4.18. The summed E-state index contributed by atoms with van der Waals surface area (Å²) in [6.45, 7) is 5.27. The van der Waals surface area contributed by atoms with Crippen molar-refractivity contribution in [1.29, 1.82) is 0 Å². The smallest absolute Gasteiger partial charge is 0.0648 e. The Labute approximate surface area is 120 Å². The predicted octanol–water partition coefficient (Wildman–Crippen LogP) is 2.37. The predicted molar refractivity (Wildman–Crippen MR) is 80.7 cm³/mol. The molecule has 4 nitrogen and oxygen atoms in total. The Morgan fingerprint density at radius 3 is 2.80 bits per heavy atom. The van der Waals surface area contributed by atoms with Crippen LogP contribution in [0.15, 0.2) is 42.7 Å². The van der Waals surface area contributed by atoms with E-state index >= 15 is 0 Å². The zero-order valence-electron chi connectivity index (χ0n) is 12.2. The third-order valence-corrected chi connectivity index (χ3v) is 3.25. The average Bonchev–Trinajstić information content (AvgIpc) is 2.97. The molecule has 1 aromatic heterocycles. The van der Waals surface area contributed by atoms with Gasteiger partial charge in [-0.15, -0.1) is 0 Å². The highest BCUT2D eigenvalue weighted by Crippen LogP contribution is 2.10. The van der Waals surface area contributed by atoms with E-state index in [9.17, 15) is 5.11 Å². The normalized spacial score (nSPS) is 12.8. The first-order valence-corrected chi connectivity index (χ1v) is 7.12. The molecule has 2 rings (SSSR count). The molecule has 0 fully saturated rings. The van der Waals surface area contributed by atoms with E-state index in [4.69, 9.17) is 0 Å². The Balaban J connectivity index is 1.98. The SMILES string of the molecule is CC(C)CC(CO)NCc1cccc(-n2cccn2)c1. The average molecular weight is 273 g/mol. The minimum absolute atomic E-state index is 0.156. The van der Waals surface area contributed by atoms with Gasteiger partial charge in [-0.1, -0.05) is 26.0 Å². The second-order valence-corrected chi connectivity index (χ2v) is 5.51. The lowest BCUT2D eigenvalue weighted by Gasteiger charge is -2.18. The van der Waals surface area contributed by atoms with Crippen LogP contribution in [-0.2, 0) is 6.54 Å². The summed E-state index contributed by atoms with van der Waals surface area (Å²) in [5, 5.41) is 17.0. The lowest BCUT2D eigenvalue weighted by molar-refractivity contribution is 0.223. The monoisotopic (exact) mass is 273 g/mol. The summed E-state index contributed by atoms with van der Waals surface area (Å²) < 4.78 is 1.85. The number of hydrogen-bond acceptors (Lipinski definition) is 3. The minimum Gasteiger partial charge on any atom is -0.395 e. The molecular weight excluding hydrogens is 250 g/mol. The molecule has 0 saturated heterocycles. The summed E-state index contributed by atoms with van der Waals surface area (Å²) in [7, 11) is 0. The van der Waals surface area contributed by atoms with Crippen LogP contribution in [0.4, 0.5) is 0 Å². The Morgan fingerprint density at radius 1 is 1.30 bits per heavy atom. The van der Waals surface area contributed by atoms with Gasteiger partial charge in [-0.2, -0.15) is 5.10 Å². The number of nitrogens with zero attached hydrogens (tertiary/aromatic N) is 2. The van der Waals surface area contributed by atoms with Crippen molar-refractivity contribution in [3.63, 3.8) is 0 Å². The van der Waals surface area contributed by atoms with E-state index in [1.54, 1.807) is 6.20 Å². The molecule has 0 radical (unpaired) electrons. The van der Waals surface area contributed by atoms with Crippen LogP contribution in [0.3, 0.4) is 0 Å². The first kappa shape index (κ1) is 14.8. The summed E-state index contributed by atoms with van der Waals surface area (Å²) in [5.74, 6) is 0.579. The molecule has 1 heterocycles. The second-order valence-electron chi connectivity index (χ2n) is 5.51. The van der Waals surface area contributed by atoms with Crippen molar-refractivity contribution in [1.82, 2.24) is 15.1 Å². The molecule has 1 aromatic carbocycles. The summed E-state index contributed by atoms with van der Waals surface area (Å²) in [6, 6.07) is 10.3. The van der Waals surface area contributed by atoms with Crippen molar-refractivity contribution in [3.05, 3.63) is 48.3 Å². The lowest BCUT2D eigenvalue weighted by atomic mass is 10.0. The number of aliphatic hydroxyl groups is 1. The van der Waals surface area contributed by atoms with Crippen molar-refractivity contribution in [2.75, 3.05) is 6.61 Å². The molecular formula is C16H23N3O. The van der Waals surface area contributed by atoms with Gasteiger partial charge < -0.3 is 10.4 Å². The van der Waals surface area contributed by atoms with Gasteiger partial charge in [0.25, 0.3) is 0 Å². The Hall–Kier alpha value is -1.65. The van der Waals surface area contributed by atoms with Crippen molar-refractivity contribution in [2.24, 2.45) is 5.92 Å². The van der Waals surface area contributed by atoms with Gasteiger partial charge >= 0.3 is 0 Å². The van der Waals surface area contributed by atoms with Gasteiger partial charge in [0.1, 0.15) is 0 Å². The van der Waals surface area contributed by atoms with E-state index in [0.717, 1.165) is 18.7 Å². The first-order valence-electron chi connectivity index (χ1n) is 7.12. The highest BCUT2D eigenvalue weighted by molar-refractivity contribution is 5.34. The molecule has 0 bridgehead atoms. The minimum atomic E-state index is 0.156. The van der Waals surface area contributed by atoms with Crippen LogP contribution in [0.25, 0.3) is 5.69 Å². The Morgan fingerprint density at radius 2 is 2.15 bits per heavy atom. The molecule has 0 aliphatic rings. The second kappa shape index (κ2) is 7.22. The maximum absolute atomic E-state index is 9.38. The van der Waals surface area contributed by atoms with Crippen LogP contribution < -0.4 is 5.32 Å². The standard InChI is InChI=1S/C16H23N3O/c1-13(2)9-15(12-20)17-11-14-5-3-6-16(10-14)19-8-4-7-18-19/h3-8,10,13,15,17,20H,9,11-12H2,1-2H3. The van der Waals surface area contributed by atoms with Gasteiger partial charge in [0.2, 0.25) is 0 Å². The van der Waals surface area contributed by atoms with Gasteiger partial charge in [-0.3, -0.25) is 0 Å². The molecule has 2 aromatic rings. The van der Waals surface area contributed by atoms with Crippen molar-refractivity contribution in [3.8, 4) is 5.69 Å². The van der Waals surface area contributed by atoms with Gasteiger partial charge in [0.05, 0.1) is 12.3 Å². The number of benzene rings is 1. The fourth-order valence-electron chi connectivity index (χ4n) is 2.28. The molecule has 108 valence electrons. The largest absolute Gasteiger partial charge is 0.395 e. The first-order chi connectivity index (χ1) is 9.69. The molecule has 20 heavy (non-hydrogen) atoms. The number of aromatic nitrogens is 2. The topological polar surface area (TPSA) is 50.1 Å². The summed E-state index contributed by atoms with van der Waals surface area (Å²) in [6.07, 6.45) is 4.69. The van der Waals surface area contributed by atoms with Crippen molar-refractivity contribution >= 4 is 0 Å². The molecule has 2 N–H and O–H groups in total.